The first-order chi connectivity index (χ1) is 11.2. The van der Waals surface area contributed by atoms with Crippen molar-refractivity contribution in [2.45, 2.75) is 24.8 Å². The first-order valence-electron chi connectivity index (χ1n) is 6.26. The summed E-state index contributed by atoms with van der Waals surface area (Å²) in [4.78, 5) is 33.1. The van der Waals surface area contributed by atoms with Crippen LogP contribution in [0.1, 0.15) is 27.9 Å². The summed E-state index contributed by atoms with van der Waals surface area (Å²) in [5.41, 5.74) is -4.64. The fourth-order valence-electron chi connectivity index (χ4n) is 1.70. The molecular weight excluding hydrogens is 364 g/mol. The van der Waals surface area contributed by atoms with Gasteiger partial charge in [0.2, 0.25) is 0 Å². The lowest BCUT2D eigenvalue weighted by Gasteiger charge is -2.16. The number of alkyl halides is 6. The van der Waals surface area contributed by atoms with E-state index < -0.39 is 59.4 Å². The van der Waals surface area contributed by atoms with Gasteiger partial charge in [0.25, 0.3) is 5.91 Å². The number of carbonyl (C=O) groups is 3. The molecule has 1 aromatic carbocycles. The normalized spacial score (nSPS) is 13.2. The van der Waals surface area contributed by atoms with Crippen molar-refractivity contribution in [2.24, 2.45) is 0 Å². The second-order valence-electron chi connectivity index (χ2n) is 4.76. The van der Waals surface area contributed by atoms with Crippen molar-refractivity contribution >= 4 is 17.8 Å². The molecule has 0 aliphatic heterocycles. The summed E-state index contributed by atoms with van der Waals surface area (Å²) >= 11 is 0. The number of rotatable bonds is 5. The Kier molecular flexibility index (Phi) is 5.66. The van der Waals surface area contributed by atoms with Crippen LogP contribution in [0.5, 0.6) is 0 Å². The van der Waals surface area contributed by atoms with Gasteiger partial charge >= 0.3 is 24.3 Å². The van der Waals surface area contributed by atoms with Gasteiger partial charge in [-0.05, 0) is 18.2 Å². The molecule has 0 radical (unpaired) electrons. The van der Waals surface area contributed by atoms with E-state index in [-0.39, 0.29) is 18.2 Å². The van der Waals surface area contributed by atoms with Gasteiger partial charge in [0.1, 0.15) is 6.04 Å². The minimum atomic E-state index is -5.19. The molecule has 0 saturated heterocycles. The first kappa shape index (κ1) is 20.3. The van der Waals surface area contributed by atoms with Crippen LogP contribution in [0.4, 0.5) is 26.3 Å². The number of aliphatic carboxylic acids is 2. The van der Waals surface area contributed by atoms with Crippen LogP contribution in [-0.2, 0) is 21.9 Å². The van der Waals surface area contributed by atoms with Crippen molar-refractivity contribution < 1.29 is 50.9 Å². The fraction of sp³-hybridized carbons (Fsp3) is 0.308. The van der Waals surface area contributed by atoms with E-state index in [1.165, 1.54) is 0 Å². The summed E-state index contributed by atoms with van der Waals surface area (Å²) in [6.45, 7) is 0. The van der Waals surface area contributed by atoms with Crippen LogP contribution in [0.25, 0.3) is 0 Å². The Morgan fingerprint density at radius 3 is 1.68 bits per heavy atom. The zero-order valence-corrected chi connectivity index (χ0v) is 11.9. The minimum Gasteiger partial charge on any atom is -0.481 e. The number of hydrogen-bond acceptors (Lipinski definition) is 3. The maximum Gasteiger partial charge on any atom is 0.416 e. The van der Waals surface area contributed by atoms with Gasteiger partial charge in [0, 0.05) is 5.56 Å². The number of halogens is 6. The van der Waals surface area contributed by atoms with Crippen molar-refractivity contribution in [2.75, 3.05) is 0 Å². The lowest BCUT2D eigenvalue weighted by molar-refractivity contribution is -0.145. The van der Waals surface area contributed by atoms with Crippen molar-refractivity contribution in [3.8, 4) is 0 Å². The van der Waals surface area contributed by atoms with Crippen LogP contribution < -0.4 is 5.32 Å². The van der Waals surface area contributed by atoms with Gasteiger partial charge in [-0.2, -0.15) is 26.3 Å². The highest BCUT2D eigenvalue weighted by Crippen LogP contribution is 2.36. The third-order valence-electron chi connectivity index (χ3n) is 2.83. The molecule has 1 atom stereocenters. The number of nitrogens with one attached hydrogen (secondary N) is 1. The second-order valence-corrected chi connectivity index (χ2v) is 4.76. The molecule has 1 rings (SSSR count). The van der Waals surface area contributed by atoms with Gasteiger partial charge in [-0.3, -0.25) is 9.59 Å². The zero-order valence-electron chi connectivity index (χ0n) is 11.9. The Balaban J connectivity index is 3.28. The third-order valence-corrected chi connectivity index (χ3v) is 2.83. The summed E-state index contributed by atoms with van der Waals surface area (Å²) in [6.07, 6.45) is -11.5. The predicted octanol–water partition coefficient (Wildman–Crippen LogP) is 2.38. The van der Waals surface area contributed by atoms with E-state index in [2.05, 4.69) is 0 Å². The lowest BCUT2D eigenvalue weighted by Crippen LogP contribution is -2.42. The molecule has 0 spiro atoms. The Labute approximate surface area is 135 Å². The summed E-state index contributed by atoms with van der Waals surface area (Å²) in [5.74, 6) is -5.06. The van der Waals surface area contributed by atoms with E-state index in [1.54, 1.807) is 5.32 Å². The van der Waals surface area contributed by atoms with Crippen LogP contribution in [0.3, 0.4) is 0 Å². The van der Waals surface area contributed by atoms with Crippen LogP contribution in [0.15, 0.2) is 18.2 Å². The largest absolute Gasteiger partial charge is 0.481 e. The van der Waals surface area contributed by atoms with Crippen LogP contribution in [-0.4, -0.2) is 34.1 Å². The van der Waals surface area contributed by atoms with Gasteiger partial charge in [-0.1, -0.05) is 0 Å². The number of carbonyl (C=O) groups excluding carboxylic acids is 1. The first-order valence-corrected chi connectivity index (χ1v) is 6.26. The maximum atomic E-state index is 12.7. The van der Waals surface area contributed by atoms with E-state index >= 15 is 0 Å². The van der Waals surface area contributed by atoms with E-state index in [9.17, 15) is 40.7 Å². The zero-order chi connectivity index (χ0) is 19.6. The summed E-state index contributed by atoms with van der Waals surface area (Å²) in [5, 5.41) is 18.8. The van der Waals surface area contributed by atoms with Crippen LogP contribution in [0.2, 0.25) is 0 Å². The van der Waals surface area contributed by atoms with Gasteiger partial charge < -0.3 is 15.5 Å². The van der Waals surface area contributed by atoms with Crippen molar-refractivity contribution in [1.29, 1.82) is 0 Å². The molecule has 0 aliphatic rings. The van der Waals surface area contributed by atoms with Gasteiger partial charge in [0.05, 0.1) is 17.5 Å². The van der Waals surface area contributed by atoms with E-state index in [0.29, 0.717) is 0 Å². The van der Waals surface area contributed by atoms with Gasteiger partial charge in [-0.25, -0.2) is 4.79 Å². The Bertz CT molecular complexity index is 665. The SMILES string of the molecule is O=C(O)C[C@H](NC(=O)c1cc(C(F)(F)F)cc(C(F)(F)F)c1)C(=O)O. The maximum absolute atomic E-state index is 12.7. The Hall–Kier alpha value is -2.79. The fourth-order valence-corrected chi connectivity index (χ4v) is 1.70. The topological polar surface area (TPSA) is 104 Å². The highest BCUT2D eigenvalue weighted by molar-refractivity contribution is 5.97. The Morgan fingerprint density at radius 1 is 0.920 bits per heavy atom. The molecule has 1 amide bonds. The highest BCUT2D eigenvalue weighted by atomic mass is 19.4. The molecule has 12 heteroatoms. The molecule has 0 unspecified atom stereocenters. The average molecular weight is 373 g/mol. The van der Waals surface area contributed by atoms with E-state index in [0.717, 1.165) is 0 Å². The summed E-state index contributed by atoms with van der Waals surface area (Å²) in [7, 11) is 0. The van der Waals surface area contributed by atoms with Crippen LogP contribution >= 0.6 is 0 Å². The smallest absolute Gasteiger partial charge is 0.416 e. The van der Waals surface area contributed by atoms with E-state index in [1.807, 2.05) is 0 Å². The summed E-state index contributed by atoms with van der Waals surface area (Å²) in [6, 6.07) is -2.04. The van der Waals surface area contributed by atoms with Crippen molar-refractivity contribution in [1.82, 2.24) is 5.32 Å². The number of hydrogen-bond donors (Lipinski definition) is 3. The molecule has 25 heavy (non-hydrogen) atoms. The molecule has 138 valence electrons. The van der Waals surface area contributed by atoms with E-state index in [4.69, 9.17) is 10.2 Å². The number of amides is 1. The predicted molar refractivity (Wildman–Crippen MR) is 67.6 cm³/mol. The molecule has 0 heterocycles. The molecule has 0 fully saturated rings. The molecule has 0 aromatic heterocycles. The van der Waals surface area contributed by atoms with Gasteiger partial charge in [-0.15, -0.1) is 0 Å². The molecule has 6 nitrogen and oxygen atoms in total. The second kappa shape index (κ2) is 6.99. The van der Waals surface area contributed by atoms with Crippen LogP contribution in [0, 0.1) is 0 Å². The number of benzene rings is 1. The van der Waals surface area contributed by atoms with Crippen molar-refractivity contribution in [3.63, 3.8) is 0 Å². The third kappa shape index (κ3) is 5.65. The average Bonchev–Trinajstić information content (AvgIpc) is 2.43. The minimum absolute atomic E-state index is 0.101. The molecule has 0 bridgehead atoms. The molecule has 1 aromatic rings. The molecular formula is C13H9F6NO5. The number of carboxylic acids is 2. The van der Waals surface area contributed by atoms with Crippen molar-refractivity contribution in [3.05, 3.63) is 34.9 Å². The molecule has 3 N–H and O–H groups in total. The number of carboxylic acid groups (broad SMARTS) is 2. The summed E-state index contributed by atoms with van der Waals surface area (Å²) < 4.78 is 76.1. The standard InChI is InChI=1S/C13H9F6NO5/c14-12(15,16)6-1-5(2-7(3-6)13(17,18)19)10(23)20-8(11(24)25)4-9(21)22/h1-3,8H,4H2,(H,20,23)(H,21,22)(H,24,25)/t8-/m0/s1. The monoisotopic (exact) mass is 373 g/mol. The lowest BCUT2D eigenvalue weighted by atomic mass is 10.0. The quantitative estimate of drug-likeness (QED) is 0.688. The van der Waals surface area contributed by atoms with Gasteiger partial charge in [0.15, 0.2) is 0 Å². The highest BCUT2D eigenvalue weighted by Gasteiger charge is 2.37. The Morgan fingerprint density at radius 2 is 1.36 bits per heavy atom. The molecule has 0 saturated carbocycles. The molecule has 0 aliphatic carbocycles.